The lowest BCUT2D eigenvalue weighted by Gasteiger charge is -2.12. The summed E-state index contributed by atoms with van der Waals surface area (Å²) in [5.74, 6) is 1.07. The number of carbonyl (C=O) groups is 1. The van der Waals surface area contributed by atoms with Crippen LogP contribution in [0.4, 0.5) is 16.5 Å². The summed E-state index contributed by atoms with van der Waals surface area (Å²) >= 11 is 2.75. The van der Waals surface area contributed by atoms with E-state index < -0.39 is 0 Å². The molecule has 3 rings (SSSR count). The van der Waals surface area contributed by atoms with Gasteiger partial charge in [-0.15, -0.1) is 10.2 Å². The van der Waals surface area contributed by atoms with E-state index in [1.165, 1.54) is 23.1 Å². The molecule has 1 unspecified atom stereocenters. The Labute approximate surface area is 171 Å². The van der Waals surface area contributed by atoms with Crippen molar-refractivity contribution in [1.82, 2.24) is 10.2 Å². The average Bonchev–Trinajstić information content (AvgIpc) is 3.14. The molecule has 0 fully saturated rings. The molecule has 7 nitrogen and oxygen atoms in total. The number of anilines is 3. The van der Waals surface area contributed by atoms with E-state index in [1.54, 1.807) is 32.4 Å². The van der Waals surface area contributed by atoms with Gasteiger partial charge in [0.25, 0.3) is 0 Å². The summed E-state index contributed by atoms with van der Waals surface area (Å²) in [5, 5.41) is 14.7. The van der Waals surface area contributed by atoms with E-state index in [2.05, 4.69) is 20.8 Å². The van der Waals surface area contributed by atoms with E-state index in [9.17, 15) is 4.79 Å². The van der Waals surface area contributed by atoms with Crippen molar-refractivity contribution >= 4 is 45.5 Å². The fraction of sp³-hybridized carbons (Fsp3) is 0.211. The van der Waals surface area contributed by atoms with E-state index in [0.29, 0.717) is 26.7 Å². The minimum atomic E-state index is -0.352. The number of thioether (sulfide) groups is 1. The van der Waals surface area contributed by atoms with E-state index in [-0.39, 0.29) is 11.2 Å². The molecule has 1 atom stereocenters. The highest BCUT2D eigenvalue weighted by Gasteiger charge is 2.18. The van der Waals surface area contributed by atoms with Gasteiger partial charge in [-0.05, 0) is 19.1 Å². The number of benzene rings is 2. The van der Waals surface area contributed by atoms with Crippen LogP contribution in [-0.2, 0) is 4.79 Å². The van der Waals surface area contributed by atoms with Crippen molar-refractivity contribution in [2.45, 2.75) is 16.5 Å². The SMILES string of the molecule is COc1cc(NC(=O)C(C)Sc2nnc(Nc3ccccc3)s2)cc(OC)c1. The van der Waals surface area contributed by atoms with Gasteiger partial charge in [0, 0.05) is 29.6 Å². The largest absolute Gasteiger partial charge is 0.497 e. The third-order valence-corrected chi connectivity index (χ3v) is 5.72. The number of carbonyl (C=O) groups excluding carboxylic acids is 1. The van der Waals surface area contributed by atoms with Gasteiger partial charge in [-0.3, -0.25) is 4.79 Å². The molecule has 3 aromatic rings. The number of para-hydroxylation sites is 1. The Morgan fingerprint density at radius 2 is 1.71 bits per heavy atom. The van der Waals surface area contributed by atoms with E-state index in [1.807, 2.05) is 37.3 Å². The van der Waals surface area contributed by atoms with Crippen molar-refractivity contribution in [3.8, 4) is 11.5 Å². The van der Waals surface area contributed by atoms with Crippen LogP contribution < -0.4 is 20.1 Å². The van der Waals surface area contributed by atoms with Crippen LogP contribution in [0, 0.1) is 0 Å². The Balaban J connectivity index is 1.60. The Morgan fingerprint density at radius 3 is 2.36 bits per heavy atom. The number of nitrogens with one attached hydrogen (secondary N) is 2. The average molecular weight is 417 g/mol. The van der Waals surface area contributed by atoms with Gasteiger partial charge in [-0.1, -0.05) is 41.3 Å². The fourth-order valence-corrected chi connectivity index (χ4v) is 4.20. The number of rotatable bonds is 8. The number of aromatic nitrogens is 2. The quantitative estimate of drug-likeness (QED) is 0.526. The highest BCUT2D eigenvalue weighted by molar-refractivity contribution is 8.02. The van der Waals surface area contributed by atoms with Gasteiger partial charge in [0.15, 0.2) is 4.34 Å². The molecule has 0 spiro atoms. The molecule has 0 saturated carbocycles. The predicted molar refractivity (Wildman–Crippen MR) is 113 cm³/mol. The smallest absolute Gasteiger partial charge is 0.237 e. The number of hydrogen-bond acceptors (Lipinski definition) is 8. The molecule has 0 aliphatic carbocycles. The van der Waals surface area contributed by atoms with Crippen molar-refractivity contribution in [2.24, 2.45) is 0 Å². The molecule has 0 aliphatic heterocycles. The molecule has 1 heterocycles. The molecule has 0 saturated heterocycles. The monoisotopic (exact) mass is 416 g/mol. The number of methoxy groups -OCH3 is 2. The number of nitrogens with zero attached hydrogens (tertiary/aromatic N) is 2. The van der Waals surface area contributed by atoms with Crippen LogP contribution in [0.1, 0.15) is 6.92 Å². The maximum Gasteiger partial charge on any atom is 0.237 e. The third-order valence-electron chi connectivity index (χ3n) is 3.70. The minimum Gasteiger partial charge on any atom is -0.497 e. The van der Waals surface area contributed by atoms with Crippen molar-refractivity contribution in [1.29, 1.82) is 0 Å². The lowest BCUT2D eigenvalue weighted by atomic mass is 10.2. The van der Waals surface area contributed by atoms with E-state index in [4.69, 9.17) is 9.47 Å². The minimum absolute atomic E-state index is 0.145. The van der Waals surface area contributed by atoms with Gasteiger partial charge in [0.05, 0.1) is 19.5 Å². The van der Waals surface area contributed by atoms with Crippen LogP contribution in [0.2, 0.25) is 0 Å². The van der Waals surface area contributed by atoms with Gasteiger partial charge in [0.1, 0.15) is 11.5 Å². The first-order chi connectivity index (χ1) is 13.6. The second-order valence-corrected chi connectivity index (χ2v) is 8.28. The van der Waals surface area contributed by atoms with Crippen LogP contribution in [0.25, 0.3) is 0 Å². The second kappa shape index (κ2) is 9.43. The molecule has 1 aromatic heterocycles. The summed E-state index contributed by atoms with van der Waals surface area (Å²) in [7, 11) is 3.13. The van der Waals surface area contributed by atoms with Crippen molar-refractivity contribution in [2.75, 3.05) is 24.9 Å². The Morgan fingerprint density at radius 1 is 1.04 bits per heavy atom. The summed E-state index contributed by atoms with van der Waals surface area (Å²) in [6.07, 6.45) is 0. The Bertz CT molecular complexity index is 912. The fourth-order valence-electron chi connectivity index (χ4n) is 2.28. The molecule has 0 radical (unpaired) electrons. The van der Waals surface area contributed by atoms with Crippen LogP contribution in [0.5, 0.6) is 11.5 Å². The summed E-state index contributed by atoms with van der Waals surface area (Å²) in [6, 6.07) is 15.0. The van der Waals surface area contributed by atoms with Crippen LogP contribution in [0.15, 0.2) is 52.9 Å². The maximum atomic E-state index is 12.5. The van der Waals surface area contributed by atoms with Crippen molar-refractivity contribution < 1.29 is 14.3 Å². The zero-order chi connectivity index (χ0) is 19.9. The molecule has 0 aliphatic rings. The molecule has 2 N–H and O–H groups in total. The topological polar surface area (TPSA) is 85.4 Å². The summed E-state index contributed by atoms with van der Waals surface area (Å²) < 4.78 is 11.2. The first kappa shape index (κ1) is 20.0. The lowest BCUT2D eigenvalue weighted by molar-refractivity contribution is -0.115. The van der Waals surface area contributed by atoms with E-state index in [0.717, 1.165) is 5.69 Å². The highest BCUT2D eigenvalue weighted by atomic mass is 32.2. The molecule has 1 amide bonds. The summed E-state index contributed by atoms with van der Waals surface area (Å²) in [5.41, 5.74) is 1.55. The van der Waals surface area contributed by atoms with Crippen LogP contribution >= 0.6 is 23.1 Å². The van der Waals surface area contributed by atoms with Crippen molar-refractivity contribution in [3.05, 3.63) is 48.5 Å². The molecule has 2 aromatic carbocycles. The first-order valence-corrected chi connectivity index (χ1v) is 10.1. The Hall–Kier alpha value is -2.78. The number of amides is 1. The van der Waals surface area contributed by atoms with Gasteiger partial charge >= 0.3 is 0 Å². The van der Waals surface area contributed by atoms with Crippen LogP contribution in [0.3, 0.4) is 0 Å². The maximum absolute atomic E-state index is 12.5. The lowest BCUT2D eigenvalue weighted by Crippen LogP contribution is -2.22. The van der Waals surface area contributed by atoms with Crippen LogP contribution in [-0.4, -0.2) is 35.6 Å². The van der Waals surface area contributed by atoms with Gasteiger partial charge < -0.3 is 20.1 Å². The summed E-state index contributed by atoms with van der Waals surface area (Å²) in [6.45, 7) is 1.82. The van der Waals surface area contributed by atoms with Gasteiger partial charge in [0.2, 0.25) is 11.0 Å². The normalized spacial score (nSPS) is 11.5. The number of hydrogen-bond donors (Lipinski definition) is 2. The zero-order valence-electron chi connectivity index (χ0n) is 15.6. The van der Waals surface area contributed by atoms with E-state index >= 15 is 0 Å². The molecule has 9 heteroatoms. The first-order valence-electron chi connectivity index (χ1n) is 8.43. The standard InChI is InChI=1S/C19H20N4O3S2/c1-12(17(24)20-14-9-15(25-2)11-16(10-14)26-3)27-19-23-22-18(28-19)21-13-7-5-4-6-8-13/h4-12H,1-3H3,(H,20,24)(H,21,22). The molecule has 0 bridgehead atoms. The van der Waals surface area contributed by atoms with Gasteiger partial charge in [-0.2, -0.15) is 0 Å². The molecule has 28 heavy (non-hydrogen) atoms. The van der Waals surface area contributed by atoms with Crippen molar-refractivity contribution in [3.63, 3.8) is 0 Å². The molecular weight excluding hydrogens is 396 g/mol. The third kappa shape index (κ3) is 5.37. The zero-order valence-corrected chi connectivity index (χ0v) is 17.3. The number of ether oxygens (including phenoxy) is 2. The predicted octanol–water partition coefficient (Wildman–Crippen LogP) is 4.42. The highest BCUT2D eigenvalue weighted by Crippen LogP contribution is 2.31. The second-order valence-electron chi connectivity index (χ2n) is 5.71. The van der Waals surface area contributed by atoms with Gasteiger partial charge in [-0.25, -0.2) is 0 Å². The molecule has 146 valence electrons. The Kier molecular flexibility index (Phi) is 6.72. The molecular formula is C19H20N4O3S2. The summed E-state index contributed by atoms with van der Waals surface area (Å²) in [4.78, 5) is 12.5.